The van der Waals surface area contributed by atoms with E-state index in [1.54, 1.807) is 24.5 Å². The predicted octanol–water partition coefficient (Wildman–Crippen LogP) is 5.62. The normalized spacial score (nSPS) is 10.4. The molecule has 2 aromatic heterocycles. The van der Waals surface area contributed by atoms with E-state index in [-0.39, 0.29) is 11.5 Å². The molecule has 0 bridgehead atoms. The number of nitrogens with one attached hydrogen (secondary N) is 3. The van der Waals surface area contributed by atoms with Gasteiger partial charge in [-0.2, -0.15) is 0 Å². The molecule has 0 atom stereocenters. The lowest BCUT2D eigenvalue weighted by atomic mass is 10.2. The van der Waals surface area contributed by atoms with Crippen molar-refractivity contribution in [1.82, 2.24) is 9.97 Å². The summed E-state index contributed by atoms with van der Waals surface area (Å²) in [6.45, 7) is 1.97. The van der Waals surface area contributed by atoms with Crippen LogP contribution in [0.15, 0.2) is 60.2 Å². The van der Waals surface area contributed by atoms with Crippen LogP contribution in [0.1, 0.15) is 5.56 Å². The van der Waals surface area contributed by atoms with Gasteiger partial charge in [-0.1, -0.05) is 6.07 Å². The van der Waals surface area contributed by atoms with Crippen LogP contribution in [-0.4, -0.2) is 35.3 Å². The first-order valence-corrected chi connectivity index (χ1v) is 11.1. The first-order chi connectivity index (χ1) is 16.5. The number of phenols is 1. The molecule has 2 heterocycles. The summed E-state index contributed by atoms with van der Waals surface area (Å²) >= 11 is 1.48. The Balaban J connectivity index is 1.46. The molecule has 0 saturated carbocycles. The molecule has 0 saturated heterocycles. The molecule has 4 N–H and O–H groups in total. The van der Waals surface area contributed by atoms with Crippen molar-refractivity contribution in [3.8, 4) is 28.5 Å². The number of methoxy groups -OCH3 is 2. The van der Waals surface area contributed by atoms with Gasteiger partial charge in [0.25, 0.3) is 0 Å². The smallest absolute Gasteiger partial charge is 0.323 e. The minimum Gasteiger partial charge on any atom is -0.504 e. The molecule has 0 fully saturated rings. The molecule has 0 aliphatic heterocycles. The van der Waals surface area contributed by atoms with Crippen LogP contribution in [0, 0.1) is 6.92 Å². The number of rotatable bonds is 7. The monoisotopic (exact) mass is 477 g/mol. The lowest BCUT2D eigenvalue weighted by Crippen LogP contribution is -2.19. The van der Waals surface area contributed by atoms with E-state index in [4.69, 9.17) is 9.47 Å². The molecule has 0 aliphatic rings. The van der Waals surface area contributed by atoms with Crippen molar-refractivity contribution in [3.63, 3.8) is 0 Å². The number of phenolic OH excluding ortho intramolecular Hbond substituents is 1. The molecule has 4 rings (SSSR count). The summed E-state index contributed by atoms with van der Waals surface area (Å²) in [6.07, 6.45) is 3.49. The third kappa shape index (κ3) is 5.18. The molecule has 10 heteroatoms. The average Bonchev–Trinajstić information content (AvgIpc) is 3.30. The number of anilines is 4. The van der Waals surface area contributed by atoms with Crippen LogP contribution in [0.2, 0.25) is 0 Å². The highest BCUT2D eigenvalue weighted by Crippen LogP contribution is 2.39. The van der Waals surface area contributed by atoms with E-state index in [0.717, 1.165) is 27.6 Å². The number of thiazole rings is 1. The van der Waals surface area contributed by atoms with E-state index in [2.05, 4.69) is 25.9 Å². The number of aryl methyl sites for hydroxylation is 1. The van der Waals surface area contributed by atoms with Crippen molar-refractivity contribution in [1.29, 1.82) is 0 Å². The Labute approximate surface area is 200 Å². The largest absolute Gasteiger partial charge is 0.504 e. The number of carbonyl (C=O) groups excluding carboxylic acids is 1. The van der Waals surface area contributed by atoms with Crippen molar-refractivity contribution >= 4 is 39.6 Å². The van der Waals surface area contributed by atoms with E-state index in [0.29, 0.717) is 17.1 Å². The minimum absolute atomic E-state index is 0.145. The van der Waals surface area contributed by atoms with Gasteiger partial charge >= 0.3 is 6.03 Å². The lowest BCUT2D eigenvalue weighted by Gasteiger charge is -2.14. The third-order valence-electron chi connectivity index (χ3n) is 4.92. The SMILES string of the molecule is COc1cc(NC(=O)Nc2ccc(C)c(Nc3nc(-c4cccnc4)cs3)c2)cc(O)c1OC. The van der Waals surface area contributed by atoms with Gasteiger partial charge in [0.15, 0.2) is 16.6 Å². The average molecular weight is 478 g/mol. The zero-order chi connectivity index (χ0) is 24.1. The summed E-state index contributed by atoms with van der Waals surface area (Å²) in [5.74, 6) is 0.346. The van der Waals surface area contributed by atoms with Crippen LogP contribution in [0.3, 0.4) is 0 Å². The van der Waals surface area contributed by atoms with Gasteiger partial charge in [0.1, 0.15) is 0 Å². The number of amides is 2. The van der Waals surface area contributed by atoms with Crippen LogP contribution in [0.5, 0.6) is 17.2 Å². The van der Waals surface area contributed by atoms with Gasteiger partial charge in [-0.3, -0.25) is 4.98 Å². The molecule has 0 unspecified atom stereocenters. The molecule has 9 nitrogen and oxygen atoms in total. The van der Waals surface area contributed by atoms with Crippen LogP contribution in [0.25, 0.3) is 11.3 Å². The summed E-state index contributed by atoms with van der Waals surface area (Å²) in [5.41, 5.74) is 4.52. The van der Waals surface area contributed by atoms with Gasteiger partial charge < -0.3 is 30.5 Å². The Bertz CT molecular complexity index is 1310. The number of hydrogen-bond acceptors (Lipinski definition) is 8. The zero-order valence-electron chi connectivity index (χ0n) is 18.7. The maximum absolute atomic E-state index is 12.5. The molecular formula is C24H23N5O4S. The number of hydrogen-bond donors (Lipinski definition) is 4. The number of aromatic hydroxyl groups is 1. The van der Waals surface area contributed by atoms with E-state index in [1.165, 1.54) is 31.6 Å². The maximum atomic E-state index is 12.5. The van der Waals surface area contributed by atoms with Gasteiger partial charge in [0.05, 0.1) is 25.6 Å². The second-order valence-corrected chi connectivity index (χ2v) is 8.10. The van der Waals surface area contributed by atoms with Crippen LogP contribution in [-0.2, 0) is 0 Å². The summed E-state index contributed by atoms with van der Waals surface area (Å²) in [7, 11) is 2.87. The molecule has 2 amide bonds. The Morgan fingerprint density at radius 1 is 1.06 bits per heavy atom. The van der Waals surface area contributed by atoms with E-state index in [1.807, 2.05) is 36.6 Å². The van der Waals surface area contributed by atoms with Crippen molar-refractivity contribution in [3.05, 3.63) is 65.8 Å². The standard InChI is InChI=1S/C24H23N5O4S/c1-14-6-7-16(26-23(31)27-17-10-20(30)22(33-3)21(11-17)32-2)9-18(14)28-24-29-19(13-34-24)15-5-4-8-25-12-15/h4-13,30H,1-3H3,(H,28,29)(H2,26,27,31). The highest BCUT2D eigenvalue weighted by molar-refractivity contribution is 7.14. The van der Waals surface area contributed by atoms with Crippen LogP contribution >= 0.6 is 11.3 Å². The van der Waals surface area contributed by atoms with Crippen molar-refractivity contribution in [2.75, 3.05) is 30.2 Å². The van der Waals surface area contributed by atoms with Crippen molar-refractivity contribution in [2.45, 2.75) is 6.92 Å². The number of nitrogens with zero attached hydrogens (tertiary/aromatic N) is 2. The van der Waals surface area contributed by atoms with E-state index in [9.17, 15) is 9.90 Å². The fourth-order valence-electron chi connectivity index (χ4n) is 3.24. The first kappa shape index (κ1) is 22.9. The van der Waals surface area contributed by atoms with E-state index >= 15 is 0 Å². The second kappa shape index (κ2) is 10.1. The number of aromatic nitrogens is 2. The number of urea groups is 1. The fraction of sp³-hybridized carbons (Fsp3) is 0.125. The third-order valence-corrected chi connectivity index (χ3v) is 5.67. The molecule has 0 aliphatic carbocycles. The van der Waals surface area contributed by atoms with Crippen molar-refractivity contribution < 1.29 is 19.4 Å². The van der Waals surface area contributed by atoms with Gasteiger partial charge in [-0.15, -0.1) is 11.3 Å². The Kier molecular flexibility index (Phi) is 6.79. The van der Waals surface area contributed by atoms with Gasteiger partial charge in [0.2, 0.25) is 5.75 Å². The topological polar surface area (TPSA) is 118 Å². The van der Waals surface area contributed by atoms with Crippen LogP contribution < -0.4 is 25.4 Å². The summed E-state index contributed by atoms with van der Waals surface area (Å²) < 4.78 is 10.3. The number of benzene rings is 2. The quantitative estimate of drug-likeness (QED) is 0.273. The molecule has 2 aromatic carbocycles. The molecular weight excluding hydrogens is 454 g/mol. The maximum Gasteiger partial charge on any atom is 0.323 e. The van der Waals surface area contributed by atoms with Crippen LogP contribution in [0.4, 0.5) is 27.0 Å². The molecule has 0 spiro atoms. The Hall–Kier alpha value is -4.31. The minimum atomic E-state index is -0.477. The number of pyridine rings is 1. The fourth-order valence-corrected chi connectivity index (χ4v) is 3.97. The molecule has 174 valence electrons. The summed E-state index contributed by atoms with van der Waals surface area (Å²) in [4.78, 5) is 21.3. The molecule has 0 radical (unpaired) electrons. The Morgan fingerprint density at radius 3 is 2.62 bits per heavy atom. The first-order valence-electron chi connectivity index (χ1n) is 10.2. The second-order valence-electron chi connectivity index (χ2n) is 7.24. The molecule has 4 aromatic rings. The summed E-state index contributed by atoms with van der Waals surface area (Å²) in [6, 6.07) is 11.8. The van der Waals surface area contributed by atoms with Crippen molar-refractivity contribution in [2.24, 2.45) is 0 Å². The van der Waals surface area contributed by atoms with Gasteiger partial charge in [-0.05, 0) is 36.8 Å². The predicted molar refractivity (Wildman–Crippen MR) is 134 cm³/mol. The Morgan fingerprint density at radius 2 is 1.88 bits per heavy atom. The molecule has 34 heavy (non-hydrogen) atoms. The van der Waals surface area contributed by atoms with Gasteiger partial charge in [0, 0.05) is 46.8 Å². The lowest BCUT2D eigenvalue weighted by molar-refractivity contribution is 0.262. The highest BCUT2D eigenvalue weighted by atomic mass is 32.1. The zero-order valence-corrected chi connectivity index (χ0v) is 19.6. The number of carbonyl (C=O) groups is 1. The van der Waals surface area contributed by atoms with Gasteiger partial charge in [-0.25, -0.2) is 9.78 Å². The van der Waals surface area contributed by atoms with E-state index < -0.39 is 6.03 Å². The number of ether oxygens (including phenoxy) is 2. The summed E-state index contributed by atoms with van der Waals surface area (Å²) in [5, 5.41) is 21.6. The highest BCUT2D eigenvalue weighted by Gasteiger charge is 2.14.